The lowest BCUT2D eigenvalue weighted by Crippen LogP contribution is -2.50. The summed E-state index contributed by atoms with van der Waals surface area (Å²) in [5.74, 6) is 6.76. The van der Waals surface area contributed by atoms with Gasteiger partial charge in [0.25, 0.3) is 5.91 Å². The van der Waals surface area contributed by atoms with E-state index < -0.39 is 5.60 Å². The van der Waals surface area contributed by atoms with Crippen LogP contribution in [0.15, 0.2) is 54.6 Å². The SMILES string of the molecule is COc1ccc(CC[N+](C)(C)CC#CCNC(=O)C(O)(c2ccccc2)C2CCCCC2)cc1. The maximum absolute atomic E-state index is 13.2. The van der Waals surface area contributed by atoms with Gasteiger partial charge in [-0.25, -0.2) is 0 Å². The van der Waals surface area contributed by atoms with Crippen LogP contribution < -0.4 is 10.1 Å². The van der Waals surface area contributed by atoms with Gasteiger partial charge in [0.15, 0.2) is 5.60 Å². The van der Waals surface area contributed by atoms with Crippen molar-refractivity contribution < 1.29 is 19.1 Å². The van der Waals surface area contributed by atoms with Crippen LogP contribution >= 0.6 is 0 Å². The molecule has 0 spiro atoms. The molecule has 3 rings (SSSR count). The molecular formula is C29H39N2O3+. The number of nitrogens with one attached hydrogen (secondary N) is 1. The molecule has 5 nitrogen and oxygen atoms in total. The van der Waals surface area contributed by atoms with Gasteiger partial charge in [-0.3, -0.25) is 4.79 Å². The molecule has 1 fully saturated rings. The van der Waals surface area contributed by atoms with E-state index in [-0.39, 0.29) is 18.4 Å². The number of rotatable bonds is 9. The van der Waals surface area contributed by atoms with Gasteiger partial charge in [-0.1, -0.05) is 67.6 Å². The number of hydrogen-bond donors (Lipinski definition) is 2. The number of methoxy groups -OCH3 is 1. The van der Waals surface area contributed by atoms with E-state index in [0.29, 0.717) is 12.1 Å². The van der Waals surface area contributed by atoms with Crippen LogP contribution in [-0.2, 0) is 16.8 Å². The minimum Gasteiger partial charge on any atom is -0.497 e. The Labute approximate surface area is 204 Å². The van der Waals surface area contributed by atoms with Gasteiger partial charge < -0.3 is 19.6 Å². The quantitative estimate of drug-likeness (QED) is 0.438. The van der Waals surface area contributed by atoms with Gasteiger partial charge in [-0.05, 0) is 42.0 Å². The molecule has 2 aromatic carbocycles. The molecule has 0 aliphatic heterocycles. The Kier molecular flexibility index (Phi) is 9.15. The average molecular weight is 464 g/mol. The maximum atomic E-state index is 13.2. The molecule has 1 aliphatic rings. The second kappa shape index (κ2) is 12.1. The molecule has 1 amide bonds. The summed E-state index contributed by atoms with van der Waals surface area (Å²) in [4.78, 5) is 13.2. The largest absolute Gasteiger partial charge is 0.497 e. The van der Waals surface area contributed by atoms with E-state index in [1.54, 1.807) is 7.11 Å². The summed E-state index contributed by atoms with van der Waals surface area (Å²) >= 11 is 0. The highest BCUT2D eigenvalue weighted by Crippen LogP contribution is 2.39. The average Bonchev–Trinajstić information content (AvgIpc) is 2.88. The highest BCUT2D eigenvalue weighted by Gasteiger charge is 2.45. The Bertz CT molecular complexity index is 970. The van der Waals surface area contributed by atoms with Crippen LogP contribution in [0.3, 0.4) is 0 Å². The first-order valence-corrected chi connectivity index (χ1v) is 12.3. The van der Waals surface area contributed by atoms with E-state index in [4.69, 9.17) is 4.74 Å². The fourth-order valence-corrected chi connectivity index (χ4v) is 4.66. The number of quaternary nitrogens is 1. The van der Waals surface area contributed by atoms with Gasteiger partial charge >= 0.3 is 0 Å². The molecular weight excluding hydrogens is 424 g/mol. The maximum Gasteiger partial charge on any atom is 0.257 e. The molecule has 1 saturated carbocycles. The zero-order valence-electron chi connectivity index (χ0n) is 20.8. The van der Waals surface area contributed by atoms with Crippen LogP contribution in [-0.4, -0.2) is 56.3 Å². The number of carbonyl (C=O) groups excluding carboxylic acids is 1. The van der Waals surface area contributed by atoms with Crippen molar-refractivity contribution in [2.24, 2.45) is 5.92 Å². The van der Waals surface area contributed by atoms with Crippen LogP contribution in [0, 0.1) is 17.8 Å². The van der Waals surface area contributed by atoms with Crippen molar-refractivity contribution in [3.8, 4) is 17.6 Å². The first-order chi connectivity index (χ1) is 16.3. The van der Waals surface area contributed by atoms with E-state index in [1.165, 1.54) is 12.0 Å². The third kappa shape index (κ3) is 6.85. The van der Waals surface area contributed by atoms with E-state index in [9.17, 15) is 9.90 Å². The van der Waals surface area contributed by atoms with Crippen LogP contribution in [0.25, 0.3) is 0 Å². The fraction of sp³-hybridized carbons (Fsp3) is 0.483. The molecule has 2 N–H and O–H groups in total. The number of amides is 1. The summed E-state index contributed by atoms with van der Waals surface area (Å²) < 4.78 is 5.99. The summed E-state index contributed by atoms with van der Waals surface area (Å²) in [7, 11) is 6.00. The lowest BCUT2D eigenvalue weighted by Gasteiger charge is -2.37. The first kappa shape index (κ1) is 25.8. The van der Waals surface area contributed by atoms with Crippen LogP contribution in [0.2, 0.25) is 0 Å². The van der Waals surface area contributed by atoms with Gasteiger partial charge in [0.1, 0.15) is 12.3 Å². The zero-order chi connectivity index (χ0) is 24.4. The van der Waals surface area contributed by atoms with Crippen molar-refractivity contribution in [1.29, 1.82) is 0 Å². The highest BCUT2D eigenvalue weighted by molar-refractivity contribution is 5.87. The van der Waals surface area contributed by atoms with Crippen LogP contribution in [0.5, 0.6) is 5.75 Å². The van der Waals surface area contributed by atoms with Crippen molar-refractivity contribution in [2.45, 2.75) is 44.1 Å². The summed E-state index contributed by atoms with van der Waals surface area (Å²) in [6.45, 7) is 1.89. The topological polar surface area (TPSA) is 58.6 Å². The van der Waals surface area contributed by atoms with Gasteiger partial charge in [0.05, 0.1) is 34.3 Å². The molecule has 0 saturated heterocycles. The molecule has 182 valence electrons. The predicted octanol–water partition coefficient (Wildman–Crippen LogP) is 3.90. The number of aliphatic hydroxyl groups is 1. The van der Waals surface area contributed by atoms with Crippen LogP contribution in [0.4, 0.5) is 0 Å². The second-order valence-electron chi connectivity index (χ2n) is 9.92. The summed E-state index contributed by atoms with van der Waals surface area (Å²) in [6, 6.07) is 17.5. The van der Waals surface area contributed by atoms with Crippen molar-refractivity contribution in [3.05, 3.63) is 65.7 Å². The van der Waals surface area contributed by atoms with Crippen molar-refractivity contribution in [3.63, 3.8) is 0 Å². The Morgan fingerprint density at radius 1 is 1.06 bits per heavy atom. The zero-order valence-corrected chi connectivity index (χ0v) is 20.8. The Morgan fingerprint density at radius 3 is 2.38 bits per heavy atom. The smallest absolute Gasteiger partial charge is 0.257 e. The van der Waals surface area contributed by atoms with E-state index >= 15 is 0 Å². The minimum absolute atomic E-state index is 0.0647. The molecule has 5 heteroatoms. The molecule has 0 bridgehead atoms. The monoisotopic (exact) mass is 463 g/mol. The lowest BCUT2D eigenvalue weighted by atomic mass is 9.73. The minimum atomic E-state index is -1.50. The Hall–Kier alpha value is -2.81. The Morgan fingerprint density at radius 2 is 1.74 bits per heavy atom. The molecule has 1 atom stereocenters. The van der Waals surface area contributed by atoms with Crippen molar-refractivity contribution in [2.75, 3.05) is 40.8 Å². The van der Waals surface area contributed by atoms with Crippen molar-refractivity contribution >= 4 is 5.91 Å². The van der Waals surface area contributed by atoms with Gasteiger partial charge in [-0.2, -0.15) is 0 Å². The molecule has 0 heterocycles. The van der Waals surface area contributed by atoms with E-state index in [1.807, 2.05) is 42.5 Å². The molecule has 1 unspecified atom stereocenters. The highest BCUT2D eigenvalue weighted by atomic mass is 16.5. The lowest BCUT2D eigenvalue weighted by molar-refractivity contribution is -0.882. The number of carbonyl (C=O) groups is 1. The third-order valence-corrected chi connectivity index (χ3v) is 6.89. The first-order valence-electron chi connectivity index (χ1n) is 12.3. The second-order valence-corrected chi connectivity index (χ2v) is 9.92. The fourth-order valence-electron chi connectivity index (χ4n) is 4.66. The summed E-state index contributed by atoms with van der Waals surface area (Å²) in [5, 5.41) is 14.5. The van der Waals surface area contributed by atoms with Gasteiger partial charge in [0.2, 0.25) is 0 Å². The summed E-state index contributed by atoms with van der Waals surface area (Å²) in [6.07, 6.45) is 5.96. The number of likely N-dealkylation sites (N-methyl/N-ethyl adjacent to an activating group) is 1. The number of nitrogens with zero attached hydrogens (tertiary/aromatic N) is 1. The van der Waals surface area contributed by atoms with Gasteiger partial charge in [0, 0.05) is 12.3 Å². The van der Waals surface area contributed by atoms with E-state index in [0.717, 1.165) is 48.9 Å². The molecule has 1 aliphatic carbocycles. The summed E-state index contributed by atoms with van der Waals surface area (Å²) in [5.41, 5.74) is 0.440. The molecule has 0 aromatic heterocycles. The third-order valence-electron chi connectivity index (χ3n) is 6.89. The van der Waals surface area contributed by atoms with E-state index in [2.05, 4.69) is 43.4 Å². The molecule has 2 aromatic rings. The molecule has 0 radical (unpaired) electrons. The number of hydrogen-bond acceptors (Lipinski definition) is 3. The molecule has 34 heavy (non-hydrogen) atoms. The van der Waals surface area contributed by atoms with Crippen molar-refractivity contribution in [1.82, 2.24) is 5.32 Å². The van der Waals surface area contributed by atoms with Crippen LogP contribution in [0.1, 0.15) is 43.2 Å². The van der Waals surface area contributed by atoms with Gasteiger partial charge in [-0.15, -0.1) is 0 Å². The Balaban J connectivity index is 1.53. The predicted molar refractivity (Wildman–Crippen MR) is 136 cm³/mol. The standard InChI is InChI=1S/C29H38N2O3/c1-31(2,23-20-24-16-18-27(34-3)19-17-24)22-11-10-21-30-28(32)29(33,25-12-6-4-7-13-25)26-14-8-5-9-15-26/h4,6-7,12-13,16-19,26,33H,5,8-9,14-15,20-23H2,1-3H3/p+1. The normalized spacial score (nSPS) is 16.1. The number of benzene rings is 2. The number of ether oxygens (including phenoxy) is 1.